The quantitative estimate of drug-likeness (QED) is 0.609. The predicted octanol–water partition coefficient (Wildman–Crippen LogP) is -0.314. The molecule has 6 nitrogen and oxygen atoms in total. The Morgan fingerprint density at radius 1 is 1.08 bits per heavy atom. The highest BCUT2D eigenvalue weighted by Gasteiger charge is 2.21. The zero-order chi connectivity index (χ0) is 18.8. The number of nitrogens with one attached hydrogen (secondary N) is 2. The lowest BCUT2D eigenvalue weighted by molar-refractivity contribution is -0.863. The van der Waals surface area contributed by atoms with Crippen LogP contribution in [0.2, 0.25) is 0 Å². The number of Topliss-reactive ketones (excluding diaryl/α,β-unsaturated/α-hetero) is 1. The Bertz CT molecular complexity index is 571. The van der Waals surface area contributed by atoms with Crippen LogP contribution < -0.4 is 10.2 Å². The summed E-state index contributed by atoms with van der Waals surface area (Å²) in [5.74, 6) is -0.266. The van der Waals surface area contributed by atoms with E-state index in [1.807, 2.05) is 44.2 Å². The summed E-state index contributed by atoms with van der Waals surface area (Å²) in [5, 5.41) is 2.79. The van der Waals surface area contributed by atoms with Crippen LogP contribution in [0.15, 0.2) is 30.3 Å². The number of likely N-dealkylation sites (N-methyl/N-ethyl adjacent to an activating group) is 2. The Labute approximate surface area is 150 Å². The first-order valence-corrected chi connectivity index (χ1v) is 8.80. The SMILES string of the molecule is CCN(CC)C(=O)C[NH+](C)CC(=O)N[C@H](Cc1ccccc1)C(C)=O. The molecule has 2 amide bonds. The fourth-order valence-electron chi connectivity index (χ4n) is 2.67. The van der Waals surface area contributed by atoms with Crippen molar-refractivity contribution in [1.29, 1.82) is 0 Å². The molecule has 1 rings (SSSR count). The Balaban J connectivity index is 2.54. The van der Waals surface area contributed by atoms with Crippen LogP contribution in [0.5, 0.6) is 0 Å². The molecule has 25 heavy (non-hydrogen) atoms. The molecule has 0 fully saturated rings. The number of amides is 2. The van der Waals surface area contributed by atoms with Crippen molar-refractivity contribution in [2.75, 3.05) is 33.2 Å². The third-order valence-electron chi connectivity index (χ3n) is 4.14. The van der Waals surface area contributed by atoms with Gasteiger partial charge in [-0.15, -0.1) is 0 Å². The lowest BCUT2D eigenvalue weighted by Crippen LogP contribution is -3.11. The van der Waals surface area contributed by atoms with Crippen molar-refractivity contribution in [3.05, 3.63) is 35.9 Å². The molecule has 0 saturated heterocycles. The zero-order valence-electron chi connectivity index (χ0n) is 15.7. The highest BCUT2D eigenvalue weighted by atomic mass is 16.2. The van der Waals surface area contributed by atoms with Crippen LogP contribution in [-0.4, -0.2) is 61.8 Å². The number of hydrogen-bond donors (Lipinski definition) is 2. The molecular formula is C19H30N3O3+. The number of hydrogen-bond acceptors (Lipinski definition) is 3. The summed E-state index contributed by atoms with van der Waals surface area (Å²) < 4.78 is 0. The van der Waals surface area contributed by atoms with Gasteiger partial charge in [0.15, 0.2) is 18.9 Å². The lowest BCUT2D eigenvalue weighted by atomic mass is 10.0. The molecule has 0 aromatic heterocycles. The molecule has 1 aromatic carbocycles. The summed E-state index contributed by atoms with van der Waals surface area (Å²) in [5.41, 5.74) is 1.00. The summed E-state index contributed by atoms with van der Waals surface area (Å²) in [6, 6.07) is 9.05. The van der Waals surface area contributed by atoms with Crippen LogP contribution in [0.4, 0.5) is 0 Å². The summed E-state index contributed by atoms with van der Waals surface area (Å²) in [7, 11) is 1.81. The van der Waals surface area contributed by atoms with Crippen LogP contribution in [0.1, 0.15) is 26.3 Å². The third-order valence-corrected chi connectivity index (χ3v) is 4.14. The van der Waals surface area contributed by atoms with Gasteiger partial charge in [0.05, 0.1) is 13.1 Å². The molecule has 6 heteroatoms. The largest absolute Gasteiger partial charge is 0.341 e. The van der Waals surface area contributed by atoms with Gasteiger partial charge in [-0.05, 0) is 32.8 Å². The number of carbonyl (C=O) groups is 3. The summed E-state index contributed by atoms with van der Waals surface area (Å²) in [6.07, 6.45) is 0.472. The predicted molar refractivity (Wildman–Crippen MR) is 97.3 cm³/mol. The van der Waals surface area contributed by atoms with Crippen LogP contribution in [0, 0.1) is 0 Å². The number of benzene rings is 1. The standard InChI is InChI=1S/C19H29N3O3/c1-5-22(6-2)19(25)14-21(4)13-18(24)20-17(15(3)23)12-16-10-8-7-9-11-16/h7-11,17H,5-6,12-14H2,1-4H3,(H,20,24)/p+1/t17-/m1/s1. The Kier molecular flexibility index (Phi) is 8.84. The van der Waals surface area contributed by atoms with Crippen molar-refractivity contribution in [2.45, 2.75) is 33.2 Å². The molecule has 0 heterocycles. The maximum absolute atomic E-state index is 12.2. The number of carbonyl (C=O) groups excluding carboxylic acids is 3. The van der Waals surface area contributed by atoms with Crippen molar-refractivity contribution in [3.63, 3.8) is 0 Å². The van der Waals surface area contributed by atoms with E-state index in [4.69, 9.17) is 0 Å². The molecule has 0 spiro atoms. The monoisotopic (exact) mass is 348 g/mol. The fraction of sp³-hybridized carbons (Fsp3) is 0.526. The van der Waals surface area contributed by atoms with E-state index < -0.39 is 6.04 Å². The van der Waals surface area contributed by atoms with Crippen molar-refractivity contribution in [3.8, 4) is 0 Å². The smallest absolute Gasteiger partial charge is 0.277 e. The van der Waals surface area contributed by atoms with E-state index in [1.54, 1.807) is 11.9 Å². The topological polar surface area (TPSA) is 70.9 Å². The number of rotatable bonds is 10. The van der Waals surface area contributed by atoms with Gasteiger partial charge in [0, 0.05) is 13.1 Å². The fourth-order valence-corrected chi connectivity index (χ4v) is 2.67. The molecule has 1 unspecified atom stereocenters. The van der Waals surface area contributed by atoms with Gasteiger partial charge in [0.2, 0.25) is 0 Å². The highest BCUT2D eigenvalue weighted by Crippen LogP contribution is 2.03. The van der Waals surface area contributed by atoms with Crippen molar-refractivity contribution < 1.29 is 19.3 Å². The lowest BCUT2D eigenvalue weighted by Gasteiger charge is -2.22. The average Bonchev–Trinajstić information content (AvgIpc) is 2.55. The Morgan fingerprint density at radius 2 is 1.68 bits per heavy atom. The first-order valence-electron chi connectivity index (χ1n) is 8.80. The highest BCUT2D eigenvalue weighted by molar-refractivity contribution is 5.88. The maximum atomic E-state index is 12.2. The molecule has 2 atom stereocenters. The second-order valence-electron chi connectivity index (χ2n) is 6.30. The van der Waals surface area contributed by atoms with Crippen LogP contribution >= 0.6 is 0 Å². The zero-order valence-corrected chi connectivity index (χ0v) is 15.7. The minimum atomic E-state index is -0.541. The second-order valence-corrected chi connectivity index (χ2v) is 6.30. The van der Waals surface area contributed by atoms with Crippen LogP contribution in [0.25, 0.3) is 0 Å². The summed E-state index contributed by atoms with van der Waals surface area (Å²) in [4.78, 5) is 38.7. The van der Waals surface area contributed by atoms with Gasteiger partial charge in [0.25, 0.3) is 11.8 Å². The van der Waals surface area contributed by atoms with Gasteiger partial charge in [-0.2, -0.15) is 0 Å². The van der Waals surface area contributed by atoms with Gasteiger partial charge in [-0.25, -0.2) is 0 Å². The molecule has 138 valence electrons. The van der Waals surface area contributed by atoms with E-state index in [9.17, 15) is 14.4 Å². The second kappa shape index (κ2) is 10.6. The molecule has 0 aliphatic rings. The van der Waals surface area contributed by atoms with Crippen LogP contribution in [-0.2, 0) is 20.8 Å². The summed E-state index contributed by atoms with van der Waals surface area (Å²) >= 11 is 0. The molecule has 0 saturated carbocycles. The minimum Gasteiger partial charge on any atom is -0.341 e. The van der Waals surface area contributed by atoms with E-state index in [0.29, 0.717) is 19.5 Å². The number of quaternary nitrogens is 1. The molecule has 0 aliphatic heterocycles. The summed E-state index contributed by atoms with van der Waals surface area (Å²) in [6.45, 7) is 7.10. The molecule has 0 radical (unpaired) electrons. The van der Waals surface area contributed by atoms with E-state index in [-0.39, 0.29) is 30.7 Å². The maximum Gasteiger partial charge on any atom is 0.277 e. The Hall–Kier alpha value is -2.21. The number of nitrogens with zero attached hydrogens (tertiary/aromatic N) is 1. The van der Waals surface area contributed by atoms with Gasteiger partial charge in [-0.1, -0.05) is 30.3 Å². The first-order chi connectivity index (χ1) is 11.9. The van der Waals surface area contributed by atoms with Gasteiger partial charge in [-0.3, -0.25) is 14.4 Å². The third kappa shape index (κ3) is 7.47. The van der Waals surface area contributed by atoms with Crippen molar-refractivity contribution in [2.24, 2.45) is 0 Å². The van der Waals surface area contributed by atoms with E-state index in [2.05, 4.69) is 5.32 Å². The van der Waals surface area contributed by atoms with Gasteiger partial charge >= 0.3 is 0 Å². The molecule has 0 bridgehead atoms. The molecule has 0 aliphatic carbocycles. The first kappa shape index (κ1) is 20.8. The number of ketones is 1. The van der Waals surface area contributed by atoms with E-state index >= 15 is 0 Å². The molecule has 1 aromatic rings. The Morgan fingerprint density at radius 3 is 2.20 bits per heavy atom. The van der Waals surface area contributed by atoms with E-state index in [1.165, 1.54) is 6.92 Å². The van der Waals surface area contributed by atoms with E-state index in [0.717, 1.165) is 10.5 Å². The van der Waals surface area contributed by atoms with Crippen molar-refractivity contribution in [1.82, 2.24) is 10.2 Å². The van der Waals surface area contributed by atoms with Crippen LogP contribution in [0.3, 0.4) is 0 Å². The minimum absolute atomic E-state index is 0.0303. The molecule has 2 N–H and O–H groups in total. The molecular weight excluding hydrogens is 318 g/mol. The van der Waals surface area contributed by atoms with Gasteiger partial charge in [0.1, 0.15) is 0 Å². The van der Waals surface area contributed by atoms with Crippen molar-refractivity contribution >= 4 is 17.6 Å². The normalized spacial score (nSPS) is 13.0. The average molecular weight is 348 g/mol. The van der Waals surface area contributed by atoms with Gasteiger partial charge < -0.3 is 15.1 Å².